The van der Waals surface area contributed by atoms with Crippen LogP contribution in [0, 0.1) is 10.1 Å². The summed E-state index contributed by atoms with van der Waals surface area (Å²) in [5, 5.41) is 17.2. The summed E-state index contributed by atoms with van der Waals surface area (Å²) < 4.78 is 4.52. The van der Waals surface area contributed by atoms with Crippen molar-refractivity contribution < 1.29 is 19.2 Å². The van der Waals surface area contributed by atoms with Crippen molar-refractivity contribution in [2.75, 3.05) is 58.2 Å². The molecule has 1 saturated heterocycles. The Morgan fingerprint density at radius 2 is 1.74 bits per heavy atom. The third kappa shape index (κ3) is 7.53. The Labute approximate surface area is 199 Å². The lowest BCUT2D eigenvalue weighted by Gasteiger charge is -2.34. The van der Waals surface area contributed by atoms with Gasteiger partial charge in [-0.3, -0.25) is 29.5 Å². The number of nitrogens with one attached hydrogen (secondary N) is 2. The van der Waals surface area contributed by atoms with Crippen LogP contribution in [0.2, 0.25) is 0 Å². The Balaban J connectivity index is 1.45. The minimum atomic E-state index is -0.504. The highest BCUT2D eigenvalue weighted by molar-refractivity contribution is 5.95. The first kappa shape index (κ1) is 25.1. The molecular formula is C24H31N5O5. The Morgan fingerprint density at radius 1 is 1.03 bits per heavy atom. The molecule has 1 amide bonds. The number of amides is 1. The summed E-state index contributed by atoms with van der Waals surface area (Å²) in [4.78, 5) is 39.2. The summed E-state index contributed by atoms with van der Waals surface area (Å²) in [6.07, 6.45) is 0.0322. The van der Waals surface area contributed by atoms with Crippen LogP contribution in [0.25, 0.3) is 0 Å². The Morgan fingerprint density at radius 3 is 2.41 bits per heavy atom. The van der Waals surface area contributed by atoms with E-state index in [1.54, 1.807) is 6.07 Å². The van der Waals surface area contributed by atoms with Crippen LogP contribution in [0.15, 0.2) is 48.5 Å². The highest BCUT2D eigenvalue weighted by Crippen LogP contribution is 2.25. The van der Waals surface area contributed by atoms with Crippen LogP contribution in [-0.4, -0.2) is 79.5 Å². The van der Waals surface area contributed by atoms with E-state index in [1.165, 1.54) is 24.8 Å². The molecule has 0 atom stereocenters. The highest BCUT2D eigenvalue weighted by Gasteiger charge is 2.19. The molecule has 0 aliphatic carbocycles. The SMILES string of the molecule is COC(=O)CCNC(=O)c1ccc(NCCN2CCN(Cc3ccccc3)CC2)c([N+](=O)[O-])c1. The molecule has 1 aliphatic heterocycles. The lowest BCUT2D eigenvalue weighted by Crippen LogP contribution is -2.47. The predicted molar refractivity (Wildman–Crippen MR) is 129 cm³/mol. The van der Waals surface area contributed by atoms with Crippen LogP contribution in [0.3, 0.4) is 0 Å². The van der Waals surface area contributed by atoms with E-state index in [9.17, 15) is 19.7 Å². The number of hydrogen-bond donors (Lipinski definition) is 2. The van der Waals surface area contributed by atoms with E-state index >= 15 is 0 Å². The molecule has 1 heterocycles. The van der Waals surface area contributed by atoms with Crippen molar-refractivity contribution in [2.24, 2.45) is 0 Å². The van der Waals surface area contributed by atoms with Gasteiger partial charge < -0.3 is 15.4 Å². The zero-order valence-electron chi connectivity index (χ0n) is 19.4. The van der Waals surface area contributed by atoms with Crippen molar-refractivity contribution in [1.82, 2.24) is 15.1 Å². The summed E-state index contributed by atoms with van der Waals surface area (Å²) in [5.41, 5.74) is 1.69. The van der Waals surface area contributed by atoms with E-state index in [-0.39, 0.29) is 24.2 Å². The van der Waals surface area contributed by atoms with Gasteiger partial charge >= 0.3 is 5.97 Å². The number of nitrogens with zero attached hydrogens (tertiary/aromatic N) is 3. The van der Waals surface area contributed by atoms with Gasteiger partial charge in [-0.25, -0.2) is 0 Å². The molecule has 3 rings (SSSR count). The fraction of sp³-hybridized carbons (Fsp3) is 0.417. The number of carbonyl (C=O) groups excluding carboxylic acids is 2. The zero-order valence-corrected chi connectivity index (χ0v) is 19.4. The minimum Gasteiger partial charge on any atom is -0.469 e. The van der Waals surface area contributed by atoms with Gasteiger partial charge in [0.15, 0.2) is 0 Å². The van der Waals surface area contributed by atoms with E-state index in [0.29, 0.717) is 12.2 Å². The van der Waals surface area contributed by atoms with Gasteiger partial charge in [-0.1, -0.05) is 30.3 Å². The predicted octanol–water partition coefficient (Wildman–Crippen LogP) is 2.12. The average molecular weight is 470 g/mol. The van der Waals surface area contributed by atoms with E-state index in [4.69, 9.17) is 0 Å². The molecule has 182 valence electrons. The first-order valence-corrected chi connectivity index (χ1v) is 11.3. The van der Waals surface area contributed by atoms with Crippen LogP contribution in [0.5, 0.6) is 0 Å². The third-order valence-corrected chi connectivity index (χ3v) is 5.76. The number of hydrogen-bond acceptors (Lipinski definition) is 8. The molecule has 0 saturated carbocycles. The summed E-state index contributed by atoms with van der Waals surface area (Å²) in [6, 6.07) is 14.7. The molecule has 0 spiro atoms. The van der Waals surface area contributed by atoms with Crippen LogP contribution in [-0.2, 0) is 16.1 Å². The van der Waals surface area contributed by atoms with Crippen LogP contribution < -0.4 is 10.6 Å². The number of esters is 1. The molecule has 1 aliphatic rings. The second-order valence-corrected chi connectivity index (χ2v) is 8.10. The molecule has 2 aromatic carbocycles. The van der Waals surface area contributed by atoms with Gasteiger partial charge in [-0.2, -0.15) is 0 Å². The van der Waals surface area contributed by atoms with Crippen molar-refractivity contribution in [3.63, 3.8) is 0 Å². The number of carbonyl (C=O) groups is 2. The standard InChI is InChI=1S/C24H31N5O5/c1-34-23(30)9-10-26-24(31)20-7-8-21(22(17-20)29(32)33)25-11-12-27-13-15-28(16-14-27)18-19-5-3-2-4-6-19/h2-8,17,25H,9-16,18H2,1H3,(H,26,31). The lowest BCUT2D eigenvalue weighted by atomic mass is 10.1. The minimum absolute atomic E-state index is 0.0322. The number of anilines is 1. The molecule has 10 nitrogen and oxygen atoms in total. The molecule has 2 aromatic rings. The maximum Gasteiger partial charge on any atom is 0.307 e. The van der Waals surface area contributed by atoms with E-state index < -0.39 is 16.8 Å². The van der Waals surface area contributed by atoms with Gasteiger partial charge in [-0.15, -0.1) is 0 Å². The van der Waals surface area contributed by atoms with Crippen molar-refractivity contribution in [3.8, 4) is 0 Å². The van der Waals surface area contributed by atoms with Crippen LogP contribution in [0.1, 0.15) is 22.3 Å². The molecule has 1 fully saturated rings. The van der Waals surface area contributed by atoms with Crippen molar-refractivity contribution >= 4 is 23.3 Å². The van der Waals surface area contributed by atoms with E-state index in [1.807, 2.05) is 6.07 Å². The van der Waals surface area contributed by atoms with Crippen molar-refractivity contribution in [2.45, 2.75) is 13.0 Å². The topological polar surface area (TPSA) is 117 Å². The summed E-state index contributed by atoms with van der Waals surface area (Å²) in [6.45, 7) is 6.22. The van der Waals surface area contributed by atoms with Crippen molar-refractivity contribution in [3.05, 3.63) is 69.8 Å². The maximum atomic E-state index is 12.2. The summed E-state index contributed by atoms with van der Waals surface area (Å²) >= 11 is 0. The molecule has 10 heteroatoms. The van der Waals surface area contributed by atoms with E-state index in [0.717, 1.165) is 39.3 Å². The number of ether oxygens (including phenoxy) is 1. The van der Waals surface area contributed by atoms with Gasteiger partial charge in [0, 0.05) is 64.0 Å². The normalized spacial score (nSPS) is 14.4. The largest absolute Gasteiger partial charge is 0.469 e. The zero-order chi connectivity index (χ0) is 24.3. The molecular weight excluding hydrogens is 438 g/mol. The monoisotopic (exact) mass is 469 g/mol. The third-order valence-electron chi connectivity index (χ3n) is 5.76. The Bertz CT molecular complexity index is 977. The number of benzene rings is 2. The van der Waals surface area contributed by atoms with Gasteiger partial charge in [0.2, 0.25) is 0 Å². The molecule has 0 unspecified atom stereocenters. The first-order chi connectivity index (χ1) is 16.5. The van der Waals surface area contributed by atoms with Gasteiger partial charge in [0.05, 0.1) is 18.5 Å². The van der Waals surface area contributed by atoms with Crippen LogP contribution >= 0.6 is 0 Å². The first-order valence-electron chi connectivity index (χ1n) is 11.3. The lowest BCUT2D eigenvalue weighted by molar-refractivity contribution is -0.384. The van der Waals surface area contributed by atoms with Gasteiger partial charge in [0.25, 0.3) is 11.6 Å². The molecule has 0 radical (unpaired) electrons. The summed E-state index contributed by atoms with van der Waals surface area (Å²) in [7, 11) is 1.27. The number of nitro benzene ring substituents is 1. The molecule has 0 aromatic heterocycles. The van der Waals surface area contributed by atoms with Crippen molar-refractivity contribution in [1.29, 1.82) is 0 Å². The molecule has 2 N–H and O–H groups in total. The van der Waals surface area contributed by atoms with Crippen LogP contribution in [0.4, 0.5) is 11.4 Å². The maximum absolute atomic E-state index is 12.2. The second kappa shape index (κ2) is 12.7. The van der Waals surface area contributed by atoms with Gasteiger partial charge in [0.1, 0.15) is 5.69 Å². The van der Waals surface area contributed by atoms with Gasteiger partial charge in [-0.05, 0) is 17.7 Å². The number of rotatable bonds is 11. The molecule has 34 heavy (non-hydrogen) atoms. The molecule has 0 bridgehead atoms. The average Bonchev–Trinajstić information content (AvgIpc) is 2.85. The second-order valence-electron chi connectivity index (χ2n) is 8.10. The number of piperazine rings is 1. The number of methoxy groups -OCH3 is 1. The fourth-order valence-corrected chi connectivity index (χ4v) is 3.82. The Hall–Kier alpha value is -3.50. The van der Waals surface area contributed by atoms with E-state index in [2.05, 4.69) is 49.4 Å². The Kier molecular flexibility index (Phi) is 9.36. The quantitative estimate of drug-likeness (QED) is 0.292. The number of nitro groups is 1. The highest BCUT2D eigenvalue weighted by atomic mass is 16.6. The fourth-order valence-electron chi connectivity index (χ4n) is 3.82. The summed E-state index contributed by atoms with van der Waals surface area (Å²) in [5.74, 6) is -0.921. The smallest absolute Gasteiger partial charge is 0.307 e.